The van der Waals surface area contributed by atoms with Crippen molar-refractivity contribution >= 4 is 17.9 Å². The van der Waals surface area contributed by atoms with Gasteiger partial charge in [0.15, 0.2) is 11.5 Å². The number of nitriles is 1. The minimum Gasteiger partial charge on any atom is -0.493 e. The highest BCUT2D eigenvalue weighted by Gasteiger charge is 2.35. The second-order valence-electron chi connectivity index (χ2n) is 9.21. The van der Waals surface area contributed by atoms with Gasteiger partial charge in [-0.2, -0.15) is 5.26 Å². The van der Waals surface area contributed by atoms with E-state index in [9.17, 15) is 14.9 Å². The molecule has 0 unspecified atom stereocenters. The van der Waals surface area contributed by atoms with E-state index in [0.717, 1.165) is 21.6 Å². The number of rotatable bonds is 9. The summed E-state index contributed by atoms with van der Waals surface area (Å²) in [6.07, 6.45) is 2.10. The van der Waals surface area contributed by atoms with Crippen LogP contribution in [0.3, 0.4) is 0 Å². The van der Waals surface area contributed by atoms with E-state index in [1.807, 2.05) is 73.7 Å². The van der Waals surface area contributed by atoms with Crippen LogP contribution in [-0.2, 0) is 22.6 Å². The topological polar surface area (TPSA) is 88.9 Å². The molecule has 7 heteroatoms. The molecule has 4 rings (SSSR count). The molecule has 3 aromatic carbocycles. The molecule has 3 aromatic rings. The first-order chi connectivity index (χ1) is 18.8. The fourth-order valence-corrected chi connectivity index (χ4v) is 4.29. The third-order valence-corrected chi connectivity index (χ3v) is 6.61. The monoisotopic (exact) mass is 522 g/mol. The number of imide groups is 1. The lowest BCUT2D eigenvalue weighted by Crippen LogP contribution is -2.43. The highest BCUT2D eigenvalue weighted by molar-refractivity contribution is 6.19. The summed E-state index contributed by atoms with van der Waals surface area (Å²) in [4.78, 5) is 27.6. The fourth-order valence-electron chi connectivity index (χ4n) is 4.29. The molecule has 0 aliphatic carbocycles. The van der Waals surface area contributed by atoms with Gasteiger partial charge in [-0.05, 0) is 72.9 Å². The summed E-state index contributed by atoms with van der Waals surface area (Å²) in [7, 11) is 3.10. The molecular formula is C32H30N2O5. The van der Waals surface area contributed by atoms with Crippen molar-refractivity contribution in [3.8, 4) is 23.3 Å². The Balaban J connectivity index is 1.51. The molecule has 39 heavy (non-hydrogen) atoms. The standard InChI is InChI=1S/C32H30N2O5/c1-21-5-7-25(8-6-21)20-39-26-12-9-23(10-13-26)17-27-22(2)28(19-33)32(36)34(31(27)35)16-15-24-11-14-29(37-3)30(18-24)38-4/h5-14,17-18H,15-16,20H2,1-4H3/b27-17+. The highest BCUT2D eigenvalue weighted by atomic mass is 16.5. The van der Waals surface area contributed by atoms with Gasteiger partial charge >= 0.3 is 0 Å². The highest BCUT2D eigenvalue weighted by Crippen LogP contribution is 2.30. The van der Waals surface area contributed by atoms with E-state index in [2.05, 4.69) is 0 Å². The number of ether oxygens (including phenoxy) is 3. The fraction of sp³-hybridized carbons (Fsp3) is 0.219. The van der Waals surface area contributed by atoms with Crippen molar-refractivity contribution in [3.05, 3.63) is 106 Å². The first kappa shape index (κ1) is 27.2. The maximum Gasteiger partial charge on any atom is 0.271 e. The first-order valence-electron chi connectivity index (χ1n) is 12.5. The number of aryl methyl sites for hydroxylation is 1. The average Bonchev–Trinajstić information content (AvgIpc) is 2.95. The smallest absolute Gasteiger partial charge is 0.271 e. The summed E-state index contributed by atoms with van der Waals surface area (Å²) >= 11 is 0. The molecule has 0 saturated heterocycles. The SMILES string of the molecule is COc1ccc(CCN2C(=O)C(C#N)=C(C)/C(=C\c3ccc(OCc4ccc(C)cc4)cc3)C2=O)cc1OC. The van der Waals surface area contributed by atoms with Crippen molar-refractivity contribution in [3.63, 3.8) is 0 Å². The van der Waals surface area contributed by atoms with Gasteiger partial charge < -0.3 is 14.2 Å². The molecule has 0 saturated carbocycles. The predicted octanol–water partition coefficient (Wildman–Crippen LogP) is 5.43. The van der Waals surface area contributed by atoms with E-state index in [0.29, 0.717) is 41.4 Å². The van der Waals surface area contributed by atoms with Crippen molar-refractivity contribution in [2.75, 3.05) is 20.8 Å². The lowest BCUT2D eigenvalue weighted by Gasteiger charge is -2.27. The number of amides is 2. The molecule has 1 aliphatic heterocycles. The molecule has 0 atom stereocenters. The Hall–Kier alpha value is -4.83. The van der Waals surface area contributed by atoms with Gasteiger partial charge in [0.25, 0.3) is 11.8 Å². The van der Waals surface area contributed by atoms with E-state index >= 15 is 0 Å². The summed E-state index contributed by atoms with van der Waals surface area (Å²) in [5, 5.41) is 9.69. The number of methoxy groups -OCH3 is 2. The summed E-state index contributed by atoms with van der Waals surface area (Å²) in [5.74, 6) is 0.832. The first-order valence-corrected chi connectivity index (χ1v) is 12.5. The van der Waals surface area contributed by atoms with Crippen LogP contribution < -0.4 is 14.2 Å². The Labute approximate surface area is 228 Å². The number of hydrogen-bond acceptors (Lipinski definition) is 6. The van der Waals surface area contributed by atoms with Crippen molar-refractivity contribution in [1.82, 2.24) is 4.90 Å². The quantitative estimate of drug-likeness (QED) is 0.275. The Kier molecular flexibility index (Phi) is 8.47. The van der Waals surface area contributed by atoms with Crippen molar-refractivity contribution in [2.24, 2.45) is 0 Å². The van der Waals surface area contributed by atoms with Gasteiger partial charge in [-0.3, -0.25) is 14.5 Å². The zero-order chi connectivity index (χ0) is 27.9. The molecule has 1 heterocycles. The number of benzene rings is 3. The van der Waals surface area contributed by atoms with Gasteiger partial charge in [-0.1, -0.05) is 48.0 Å². The van der Waals surface area contributed by atoms with Crippen molar-refractivity contribution in [1.29, 1.82) is 5.26 Å². The Morgan fingerprint density at radius 3 is 2.15 bits per heavy atom. The largest absolute Gasteiger partial charge is 0.493 e. The molecule has 1 aliphatic rings. The van der Waals surface area contributed by atoms with Gasteiger partial charge in [0.05, 0.1) is 14.2 Å². The summed E-state index contributed by atoms with van der Waals surface area (Å²) in [5.41, 5.74) is 4.53. The zero-order valence-corrected chi connectivity index (χ0v) is 22.5. The van der Waals surface area contributed by atoms with E-state index in [4.69, 9.17) is 14.2 Å². The van der Waals surface area contributed by atoms with Crippen LogP contribution in [-0.4, -0.2) is 37.5 Å². The van der Waals surface area contributed by atoms with Gasteiger partial charge in [-0.15, -0.1) is 0 Å². The van der Waals surface area contributed by atoms with Gasteiger partial charge in [0.2, 0.25) is 0 Å². The number of carbonyl (C=O) groups is 2. The molecule has 7 nitrogen and oxygen atoms in total. The predicted molar refractivity (Wildman–Crippen MR) is 148 cm³/mol. The van der Waals surface area contributed by atoms with Gasteiger partial charge in [0, 0.05) is 12.1 Å². The van der Waals surface area contributed by atoms with Crippen LogP contribution in [0.4, 0.5) is 0 Å². The lowest BCUT2D eigenvalue weighted by molar-refractivity contribution is -0.140. The average molecular weight is 523 g/mol. The minimum absolute atomic E-state index is 0.0359. The number of hydrogen-bond donors (Lipinski definition) is 0. The molecular weight excluding hydrogens is 492 g/mol. The van der Waals surface area contributed by atoms with Crippen LogP contribution in [0.25, 0.3) is 6.08 Å². The van der Waals surface area contributed by atoms with E-state index < -0.39 is 11.8 Å². The minimum atomic E-state index is -0.586. The van der Waals surface area contributed by atoms with Crippen LogP contribution in [0.1, 0.15) is 29.2 Å². The molecule has 0 bridgehead atoms. The summed E-state index contributed by atoms with van der Waals surface area (Å²) < 4.78 is 16.5. The molecule has 2 amide bonds. The molecule has 0 fully saturated rings. The number of nitrogens with zero attached hydrogens (tertiary/aromatic N) is 2. The zero-order valence-electron chi connectivity index (χ0n) is 22.5. The van der Waals surface area contributed by atoms with Gasteiger partial charge in [-0.25, -0.2) is 0 Å². The van der Waals surface area contributed by atoms with Crippen molar-refractivity contribution < 1.29 is 23.8 Å². The molecule has 0 radical (unpaired) electrons. The van der Waals surface area contributed by atoms with E-state index in [1.54, 1.807) is 33.3 Å². The third kappa shape index (κ3) is 6.19. The lowest BCUT2D eigenvalue weighted by atomic mass is 9.93. The van der Waals surface area contributed by atoms with Crippen LogP contribution in [0, 0.1) is 18.3 Å². The van der Waals surface area contributed by atoms with Crippen LogP contribution >= 0.6 is 0 Å². The Morgan fingerprint density at radius 2 is 1.51 bits per heavy atom. The Morgan fingerprint density at radius 1 is 0.846 bits per heavy atom. The van der Waals surface area contributed by atoms with Crippen LogP contribution in [0.2, 0.25) is 0 Å². The molecule has 198 valence electrons. The second-order valence-corrected chi connectivity index (χ2v) is 9.21. The molecule has 0 spiro atoms. The normalized spacial score (nSPS) is 14.4. The van der Waals surface area contributed by atoms with Gasteiger partial charge in [0.1, 0.15) is 24.0 Å². The summed E-state index contributed by atoms with van der Waals surface area (Å²) in [6.45, 7) is 4.24. The second kappa shape index (κ2) is 12.1. The maximum absolute atomic E-state index is 13.4. The number of carbonyl (C=O) groups excluding carboxylic acids is 2. The van der Waals surface area contributed by atoms with Crippen molar-refractivity contribution in [2.45, 2.75) is 26.9 Å². The van der Waals surface area contributed by atoms with E-state index in [1.165, 1.54) is 5.56 Å². The van der Waals surface area contributed by atoms with Crippen LogP contribution in [0.5, 0.6) is 17.2 Å². The Bertz CT molecular complexity index is 1480. The maximum atomic E-state index is 13.4. The summed E-state index contributed by atoms with van der Waals surface area (Å²) in [6, 6.07) is 22.9. The third-order valence-electron chi connectivity index (χ3n) is 6.61. The molecule has 0 N–H and O–H groups in total. The molecule has 0 aromatic heterocycles. The van der Waals surface area contributed by atoms with E-state index in [-0.39, 0.29) is 12.1 Å². The van der Waals surface area contributed by atoms with Crippen LogP contribution in [0.15, 0.2) is 83.4 Å².